The van der Waals surface area contributed by atoms with Gasteiger partial charge in [0.1, 0.15) is 0 Å². The molecule has 2 N–H and O–H groups in total. The number of hydrogen-bond donors (Lipinski definition) is 2. The molecule has 1 aliphatic rings. The van der Waals surface area contributed by atoms with Crippen LogP contribution in [0.1, 0.15) is 37.4 Å². The van der Waals surface area contributed by atoms with E-state index in [1.807, 2.05) is 13.2 Å². The molecule has 0 radical (unpaired) electrons. The number of likely N-dealkylation sites (N-methyl/N-ethyl adjacent to an activating group) is 1. The van der Waals surface area contributed by atoms with Gasteiger partial charge in [-0.1, -0.05) is 13.8 Å². The lowest BCUT2D eigenvalue weighted by atomic mass is 9.71. The van der Waals surface area contributed by atoms with Crippen molar-refractivity contribution in [3.8, 4) is 0 Å². The molecule has 0 aliphatic heterocycles. The van der Waals surface area contributed by atoms with E-state index < -0.39 is 0 Å². The Morgan fingerprint density at radius 3 is 3.14 bits per heavy atom. The second kappa shape index (κ2) is 3.39. The number of aromatic amines is 1. The van der Waals surface area contributed by atoms with Gasteiger partial charge in [0.05, 0.1) is 6.20 Å². The van der Waals surface area contributed by atoms with Crippen LogP contribution in [-0.2, 0) is 6.42 Å². The van der Waals surface area contributed by atoms with Crippen LogP contribution in [0.25, 0.3) is 0 Å². The van der Waals surface area contributed by atoms with E-state index in [-0.39, 0.29) is 0 Å². The standard InChI is InChI=1S/C11H19N3/c1-11(2)4-8(6-12-3)10-9(5-11)7-13-14-10/h7-8,12H,4-6H2,1-3H3,(H,13,14). The third-order valence-corrected chi connectivity index (χ3v) is 3.08. The van der Waals surface area contributed by atoms with Crippen molar-refractivity contribution < 1.29 is 0 Å². The van der Waals surface area contributed by atoms with Gasteiger partial charge in [-0.15, -0.1) is 0 Å². The molecule has 78 valence electrons. The first kappa shape index (κ1) is 9.71. The first-order valence-electron chi connectivity index (χ1n) is 5.29. The average Bonchev–Trinajstić information content (AvgIpc) is 2.50. The minimum Gasteiger partial charge on any atom is -0.319 e. The molecule has 1 aliphatic carbocycles. The van der Waals surface area contributed by atoms with Gasteiger partial charge >= 0.3 is 0 Å². The lowest BCUT2D eigenvalue weighted by Crippen LogP contribution is -2.30. The maximum atomic E-state index is 4.15. The van der Waals surface area contributed by atoms with Crippen molar-refractivity contribution in [3.05, 3.63) is 17.5 Å². The van der Waals surface area contributed by atoms with Gasteiger partial charge in [0.25, 0.3) is 0 Å². The third-order valence-electron chi connectivity index (χ3n) is 3.08. The van der Waals surface area contributed by atoms with E-state index in [4.69, 9.17) is 0 Å². The van der Waals surface area contributed by atoms with Crippen LogP contribution >= 0.6 is 0 Å². The number of fused-ring (bicyclic) bond motifs is 1. The van der Waals surface area contributed by atoms with Crippen LogP contribution in [-0.4, -0.2) is 23.8 Å². The summed E-state index contributed by atoms with van der Waals surface area (Å²) in [7, 11) is 2.01. The van der Waals surface area contributed by atoms with Crippen molar-refractivity contribution in [2.24, 2.45) is 5.41 Å². The molecular formula is C11H19N3. The maximum absolute atomic E-state index is 4.15. The van der Waals surface area contributed by atoms with Crippen molar-refractivity contribution in [2.75, 3.05) is 13.6 Å². The summed E-state index contributed by atoms with van der Waals surface area (Å²) in [5, 5.41) is 10.5. The summed E-state index contributed by atoms with van der Waals surface area (Å²) < 4.78 is 0. The molecule has 2 rings (SSSR count). The average molecular weight is 193 g/mol. The highest BCUT2D eigenvalue weighted by atomic mass is 15.1. The van der Waals surface area contributed by atoms with E-state index in [1.165, 1.54) is 17.7 Å². The fraction of sp³-hybridized carbons (Fsp3) is 0.727. The van der Waals surface area contributed by atoms with Crippen LogP contribution in [0.3, 0.4) is 0 Å². The van der Waals surface area contributed by atoms with Crippen molar-refractivity contribution in [1.29, 1.82) is 0 Å². The molecular weight excluding hydrogens is 174 g/mol. The van der Waals surface area contributed by atoms with Crippen molar-refractivity contribution in [1.82, 2.24) is 15.5 Å². The fourth-order valence-corrected chi connectivity index (χ4v) is 2.59. The van der Waals surface area contributed by atoms with E-state index in [0.717, 1.165) is 13.0 Å². The Balaban J connectivity index is 2.28. The van der Waals surface area contributed by atoms with E-state index in [1.54, 1.807) is 0 Å². The lowest BCUT2D eigenvalue weighted by Gasteiger charge is -2.34. The number of hydrogen-bond acceptors (Lipinski definition) is 2. The Morgan fingerprint density at radius 1 is 1.64 bits per heavy atom. The molecule has 1 aromatic heterocycles. The molecule has 0 spiro atoms. The Labute approximate surface area is 85.3 Å². The van der Waals surface area contributed by atoms with Crippen LogP contribution in [0.2, 0.25) is 0 Å². The Hall–Kier alpha value is -0.830. The Bertz CT molecular complexity index is 314. The molecule has 0 fully saturated rings. The molecule has 1 atom stereocenters. The molecule has 0 amide bonds. The number of nitrogens with zero attached hydrogens (tertiary/aromatic N) is 1. The first-order chi connectivity index (χ1) is 6.62. The summed E-state index contributed by atoms with van der Waals surface area (Å²) in [5.74, 6) is 0.598. The van der Waals surface area contributed by atoms with Crippen LogP contribution in [0.5, 0.6) is 0 Å². The van der Waals surface area contributed by atoms with Gasteiger partial charge in [0, 0.05) is 18.2 Å². The summed E-state index contributed by atoms with van der Waals surface area (Å²) >= 11 is 0. The second-order valence-corrected chi connectivity index (χ2v) is 5.11. The van der Waals surface area contributed by atoms with Crippen LogP contribution in [0.15, 0.2) is 6.20 Å². The summed E-state index contributed by atoms with van der Waals surface area (Å²) in [6, 6.07) is 0. The van der Waals surface area contributed by atoms with Gasteiger partial charge in [-0.25, -0.2) is 0 Å². The minimum absolute atomic E-state index is 0.415. The normalized spacial score (nSPS) is 24.6. The van der Waals surface area contributed by atoms with E-state index in [9.17, 15) is 0 Å². The zero-order valence-corrected chi connectivity index (χ0v) is 9.22. The molecule has 14 heavy (non-hydrogen) atoms. The summed E-state index contributed by atoms with van der Waals surface area (Å²) in [6.07, 6.45) is 4.38. The third kappa shape index (κ3) is 1.69. The minimum atomic E-state index is 0.415. The van der Waals surface area contributed by atoms with Gasteiger partial charge in [-0.05, 0) is 30.9 Å². The molecule has 0 saturated carbocycles. The summed E-state index contributed by atoms with van der Waals surface area (Å²) in [5.41, 5.74) is 3.17. The highest BCUT2D eigenvalue weighted by Gasteiger charge is 2.32. The molecule has 3 heteroatoms. The monoisotopic (exact) mass is 193 g/mol. The van der Waals surface area contributed by atoms with E-state index in [0.29, 0.717) is 11.3 Å². The quantitative estimate of drug-likeness (QED) is 0.750. The highest BCUT2D eigenvalue weighted by Crippen LogP contribution is 2.40. The van der Waals surface area contributed by atoms with Crippen molar-refractivity contribution in [2.45, 2.75) is 32.6 Å². The fourth-order valence-electron chi connectivity index (χ4n) is 2.59. The number of nitrogens with one attached hydrogen (secondary N) is 2. The smallest absolute Gasteiger partial charge is 0.0522 e. The van der Waals surface area contributed by atoms with Crippen molar-refractivity contribution >= 4 is 0 Å². The number of aromatic nitrogens is 2. The molecule has 0 aromatic carbocycles. The molecule has 1 unspecified atom stereocenters. The Kier molecular flexibility index (Phi) is 2.35. The predicted molar refractivity (Wildman–Crippen MR) is 57.4 cm³/mol. The number of H-pyrrole nitrogens is 1. The second-order valence-electron chi connectivity index (χ2n) is 5.11. The van der Waals surface area contributed by atoms with Gasteiger partial charge < -0.3 is 5.32 Å². The molecule has 0 bridgehead atoms. The topological polar surface area (TPSA) is 40.7 Å². The molecule has 3 nitrogen and oxygen atoms in total. The largest absolute Gasteiger partial charge is 0.319 e. The van der Waals surface area contributed by atoms with Gasteiger partial charge in [-0.2, -0.15) is 5.10 Å². The lowest BCUT2D eigenvalue weighted by molar-refractivity contribution is 0.275. The summed E-state index contributed by atoms with van der Waals surface area (Å²) in [4.78, 5) is 0. The van der Waals surface area contributed by atoms with Gasteiger partial charge in [0.15, 0.2) is 0 Å². The zero-order chi connectivity index (χ0) is 10.2. The summed E-state index contributed by atoms with van der Waals surface area (Å²) in [6.45, 7) is 5.72. The van der Waals surface area contributed by atoms with Crippen molar-refractivity contribution in [3.63, 3.8) is 0 Å². The maximum Gasteiger partial charge on any atom is 0.0522 e. The van der Waals surface area contributed by atoms with Gasteiger partial charge in [-0.3, -0.25) is 5.10 Å². The Morgan fingerprint density at radius 2 is 2.43 bits per heavy atom. The van der Waals surface area contributed by atoms with E-state index in [2.05, 4.69) is 29.4 Å². The zero-order valence-electron chi connectivity index (χ0n) is 9.22. The first-order valence-corrected chi connectivity index (χ1v) is 5.29. The molecule has 0 saturated heterocycles. The SMILES string of the molecule is CNCC1CC(C)(C)Cc2cn[nH]c21. The number of rotatable bonds is 2. The van der Waals surface area contributed by atoms with Crippen LogP contribution in [0.4, 0.5) is 0 Å². The van der Waals surface area contributed by atoms with Gasteiger partial charge in [0.2, 0.25) is 0 Å². The predicted octanol–water partition coefficient (Wildman–Crippen LogP) is 1.69. The molecule has 1 heterocycles. The highest BCUT2D eigenvalue weighted by molar-refractivity contribution is 5.26. The molecule has 1 aromatic rings. The van der Waals surface area contributed by atoms with Crippen LogP contribution in [0, 0.1) is 5.41 Å². The van der Waals surface area contributed by atoms with E-state index >= 15 is 0 Å². The van der Waals surface area contributed by atoms with Crippen LogP contribution < -0.4 is 5.32 Å².